The fourth-order valence-electron chi connectivity index (χ4n) is 2.27. The van der Waals surface area contributed by atoms with Gasteiger partial charge in [-0.1, -0.05) is 13.8 Å². The maximum atomic E-state index is 10.9. The highest BCUT2D eigenvalue weighted by atomic mass is 16.4. The molecule has 0 unspecified atom stereocenters. The fourth-order valence-corrected chi connectivity index (χ4v) is 2.27. The van der Waals surface area contributed by atoms with Gasteiger partial charge in [0.1, 0.15) is 5.69 Å². The smallest absolute Gasteiger partial charge is 0.354 e. The minimum Gasteiger partial charge on any atom is -0.477 e. The third-order valence-electron chi connectivity index (χ3n) is 3.50. The summed E-state index contributed by atoms with van der Waals surface area (Å²) in [5.74, 6) is -1.04. The molecule has 2 heterocycles. The van der Waals surface area contributed by atoms with Gasteiger partial charge in [0.25, 0.3) is 0 Å². The SMILES string of the molecule is CC.CN(C)c1ccc2nccc(Nc3ccc(C(=O)O)nc3)c2c1. The van der Waals surface area contributed by atoms with Crippen LogP contribution < -0.4 is 10.2 Å². The molecule has 6 nitrogen and oxygen atoms in total. The van der Waals surface area contributed by atoms with Crippen LogP contribution in [-0.4, -0.2) is 35.1 Å². The molecule has 0 spiro atoms. The highest BCUT2D eigenvalue weighted by molar-refractivity contribution is 5.95. The summed E-state index contributed by atoms with van der Waals surface area (Å²) in [6.45, 7) is 4.00. The number of aromatic nitrogens is 2. The number of pyridine rings is 2. The predicted octanol–water partition coefficient (Wildman–Crippen LogP) is 4.16. The Hall–Kier alpha value is -3.15. The van der Waals surface area contributed by atoms with Crippen molar-refractivity contribution in [3.05, 3.63) is 54.5 Å². The molecule has 6 heteroatoms. The normalized spacial score (nSPS) is 9.92. The zero-order valence-electron chi connectivity index (χ0n) is 14.8. The van der Waals surface area contributed by atoms with E-state index in [2.05, 4.69) is 21.4 Å². The zero-order chi connectivity index (χ0) is 18.4. The van der Waals surface area contributed by atoms with Crippen LogP contribution in [0.5, 0.6) is 0 Å². The van der Waals surface area contributed by atoms with Gasteiger partial charge in [0.15, 0.2) is 0 Å². The Morgan fingerprint density at radius 2 is 1.84 bits per heavy atom. The van der Waals surface area contributed by atoms with E-state index in [-0.39, 0.29) is 5.69 Å². The van der Waals surface area contributed by atoms with E-state index in [0.29, 0.717) is 0 Å². The van der Waals surface area contributed by atoms with Gasteiger partial charge in [-0.25, -0.2) is 9.78 Å². The Bertz CT molecular complexity index is 861. The fraction of sp³-hybridized carbons (Fsp3) is 0.211. The number of nitrogens with zero attached hydrogens (tertiary/aromatic N) is 3. The molecule has 3 aromatic rings. The Morgan fingerprint density at radius 1 is 1.08 bits per heavy atom. The molecule has 25 heavy (non-hydrogen) atoms. The largest absolute Gasteiger partial charge is 0.477 e. The Balaban J connectivity index is 0.00000109. The van der Waals surface area contributed by atoms with E-state index in [0.717, 1.165) is 28.0 Å². The van der Waals surface area contributed by atoms with Gasteiger partial charge < -0.3 is 15.3 Å². The minimum atomic E-state index is -1.04. The van der Waals surface area contributed by atoms with Gasteiger partial charge >= 0.3 is 5.97 Å². The standard InChI is InChI=1S/C17H16N4O2.C2H6/c1-21(2)12-4-6-14-13(9-12)15(7-8-18-14)20-11-3-5-16(17(22)23)19-10-11;1-2/h3-10H,1-2H3,(H,18,20)(H,22,23);1-2H3. The molecule has 0 saturated heterocycles. The number of carboxylic acid groups (broad SMARTS) is 1. The molecule has 0 amide bonds. The molecule has 0 aliphatic heterocycles. The molecular formula is C19H22N4O2. The number of anilines is 3. The molecule has 0 aliphatic rings. The average Bonchev–Trinajstić information content (AvgIpc) is 2.63. The van der Waals surface area contributed by atoms with Crippen molar-refractivity contribution in [2.24, 2.45) is 0 Å². The summed E-state index contributed by atoms with van der Waals surface area (Å²) in [5.41, 5.74) is 3.59. The number of fused-ring (bicyclic) bond motifs is 1. The van der Waals surface area contributed by atoms with Crippen LogP contribution in [0.1, 0.15) is 24.3 Å². The molecule has 3 rings (SSSR count). The Labute approximate surface area is 147 Å². The number of aromatic carboxylic acids is 1. The minimum absolute atomic E-state index is 0.0185. The van der Waals surface area contributed by atoms with E-state index in [1.54, 1.807) is 12.3 Å². The summed E-state index contributed by atoms with van der Waals surface area (Å²) in [4.78, 5) is 21.2. The lowest BCUT2D eigenvalue weighted by molar-refractivity contribution is 0.0690. The second-order valence-electron chi connectivity index (χ2n) is 5.32. The molecule has 0 fully saturated rings. The van der Waals surface area contributed by atoms with Gasteiger partial charge in [-0.05, 0) is 36.4 Å². The van der Waals surface area contributed by atoms with Crippen LogP contribution in [0.3, 0.4) is 0 Å². The molecule has 0 bridgehead atoms. The van der Waals surface area contributed by atoms with E-state index in [1.165, 1.54) is 12.3 Å². The molecule has 0 atom stereocenters. The van der Waals surface area contributed by atoms with Crippen molar-refractivity contribution >= 4 is 33.9 Å². The summed E-state index contributed by atoms with van der Waals surface area (Å²) in [6, 6.07) is 11.1. The number of hydrogen-bond acceptors (Lipinski definition) is 5. The van der Waals surface area contributed by atoms with Crippen molar-refractivity contribution in [1.82, 2.24) is 9.97 Å². The van der Waals surface area contributed by atoms with Crippen molar-refractivity contribution < 1.29 is 9.90 Å². The highest BCUT2D eigenvalue weighted by Crippen LogP contribution is 2.28. The van der Waals surface area contributed by atoms with E-state index in [4.69, 9.17) is 5.11 Å². The predicted molar refractivity (Wildman–Crippen MR) is 102 cm³/mol. The van der Waals surface area contributed by atoms with Crippen LogP contribution in [0.15, 0.2) is 48.8 Å². The summed E-state index contributed by atoms with van der Waals surface area (Å²) < 4.78 is 0. The third-order valence-corrected chi connectivity index (χ3v) is 3.50. The monoisotopic (exact) mass is 338 g/mol. The topological polar surface area (TPSA) is 78.4 Å². The number of benzene rings is 1. The zero-order valence-corrected chi connectivity index (χ0v) is 14.8. The molecule has 1 aromatic carbocycles. The number of rotatable bonds is 4. The van der Waals surface area contributed by atoms with E-state index in [1.807, 2.05) is 51.0 Å². The average molecular weight is 338 g/mol. The van der Waals surface area contributed by atoms with E-state index in [9.17, 15) is 4.79 Å². The van der Waals surface area contributed by atoms with Crippen molar-refractivity contribution in [2.45, 2.75) is 13.8 Å². The van der Waals surface area contributed by atoms with Gasteiger partial charge in [-0.2, -0.15) is 0 Å². The van der Waals surface area contributed by atoms with Crippen LogP contribution in [-0.2, 0) is 0 Å². The third kappa shape index (κ3) is 4.23. The van der Waals surface area contributed by atoms with Gasteiger partial charge in [0.05, 0.1) is 17.4 Å². The first kappa shape index (κ1) is 18.2. The van der Waals surface area contributed by atoms with Crippen LogP contribution in [0.25, 0.3) is 10.9 Å². The summed E-state index contributed by atoms with van der Waals surface area (Å²) >= 11 is 0. The highest BCUT2D eigenvalue weighted by Gasteiger charge is 2.07. The second kappa shape index (κ2) is 8.10. The Morgan fingerprint density at radius 3 is 2.44 bits per heavy atom. The molecular weight excluding hydrogens is 316 g/mol. The van der Waals surface area contributed by atoms with Crippen molar-refractivity contribution in [1.29, 1.82) is 0 Å². The van der Waals surface area contributed by atoms with Crippen LogP contribution in [0, 0.1) is 0 Å². The van der Waals surface area contributed by atoms with Crippen molar-refractivity contribution in [2.75, 3.05) is 24.3 Å². The van der Waals surface area contributed by atoms with Gasteiger partial charge in [0, 0.05) is 37.1 Å². The van der Waals surface area contributed by atoms with Gasteiger partial charge in [0.2, 0.25) is 0 Å². The van der Waals surface area contributed by atoms with Gasteiger partial charge in [-0.3, -0.25) is 4.98 Å². The lowest BCUT2D eigenvalue weighted by atomic mass is 10.1. The summed E-state index contributed by atoms with van der Waals surface area (Å²) in [5, 5.41) is 13.1. The first-order valence-electron chi connectivity index (χ1n) is 8.07. The maximum absolute atomic E-state index is 10.9. The molecule has 0 aliphatic carbocycles. The maximum Gasteiger partial charge on any atom is 0.354 e. The quantitative estimate of drug-likeness (QED) is 0.743. The lowest BCUT2D eigenvalue weighted by Crippen LogP contribution is -2.08. The van der Waals surface area contributed by atoms with E-state index < -0.39 is 5.97 Å². The number of nitrogens with one attached hydrogen (secondary N) is 1. The Kier molecular flexibility index (Phi) is 5.89. The van der Waals surface area contributed by atoms with Crippen LogP contribution >= 0.6 is 0 Å². The van der Waals surface area contributed by atoms with Crippen molar-refractivity contribution in [3.8, 4) is 0 Å². The molecule has 2 aromatic heterocycles. The van der Waals surface area contributed by atoms with Crippen LogP contribution in [0.2, 0.25) is 0 Å². The number of carboxylic acids is 1. The molecule has 0 saturated carbocycles. The first-order valence-corrected chi connectivity index (χ1v) is 8.07. The molecule has 0 radical (unpaired) electrons. The van der Waals surface area contributed by atoms with Crippen molar-refractivity contribution in [3.63, 3.8) is 0 Å². The van der Waals surface area contributed by atoms with Gasteiger partial charge in [-0.15, -0.1) is 0 Å². The number of carbonyl (C=O) groups is 1. The lowest BCUT2D eigenvalue weighted by Gasteiger charge is -2.15. The number of hydrogen-bond donors (Lipinski definition) is 2. The van der Waals surface area contributed by atoms with Crippen LogP contribution in [0.4, 0.5) is 17.1 Å². The first-order chi connectivity index (χ1) is 12.0. The molecule has 2 N–H and O–H groups in total. The summed E-state index contributed by atoms with van der Waals surface area (Å²) in [7, 11) is 3.97. The molecule has 130 valence electrons. The summed E-state index contributed by atoms with van der Waals surface area (Å²) in [6.07, 6.45) is 3.24. The second-order valence-corrected chi connectivity index (χ2v) is 5.32. The van der Waals surface area contributed by atoms with E-state index >= 15 is 0 Å².